The van der Waals surface area contributed by atoms with Crippen LogP contribution in [-0.2, 0) is 0 Å². The van der Waals surface area contributed by atoms with Gasteiger partial charge >= 0.3 is 5.97 Å². The second-order valence-corrected chi connectivity index (χ2v) is 5.36. The summed E-state index contributed by atoms with van der Waals surface area (Å²) in [7, 11) is 0. The zero-order valence-electron chi connectivity index (χ0n) is 10.4. The van der Waals surface area contributed by atoms with Crippen molar-refractivity contribution in [1.82, 2.24) is 0 Å². The molecule has 108 valence electrons. The lowest BCUT2D eigenvalue weighted by Crippen LogP contribution is -2.15. The fraction of sp³-hybridized carbons (Fsp3) is 0. The van der Waals surface area contributed by atoms with Gasteiger partial charge in [-0.15, -0.1) is 0 Å². The largest absolute Gasteiger partial charge is 0.478 e. The number of benzene rings is 2. The third kappa shape index (κ3) is 3.59. The van der Waals surface area contributed by atoms with E-state index in [0.717, 1.165) is 18.2 Å². The maximum Gasteiger partial charge on any atom is 0.337 e. The SMILES string of the molecule is O=C(Nc1cc(F)ccc1C(=O)O)c1ccc(Cl)cc1Br. The fourth-order valence-electron chi connectivity index (χ4n) is 1.67. The van der Waals surface area contributed by atoms with E-state index in [1.165, 1.54) is 18.2 Å². The van der Waals surface area contributed by atoms with E-state index in [4.69, 9.17) is 16.7 Å². The maximum absolute atomic E-state index is 13.2. The van der Waals surface area contributed by atoms with Crippen LogP contribution in [0, 0.1) is 5.82 Å². The number of carboxylic acids is 1. The molecule has 1 amide bonds. The molecule has 0 bridgehead atoms. The molecule has 0 saturated heterocycles. The Morgan fingerprint density at radius 2 is 1.81 bits per heavy atom. The van der Waals surface area contributed by atoms with Crippen molar-refractivity contribution in [2.24, 2.45) is 0 Å². The summed E-state index contributed by atoms with van der Waals surface area (Å²) in [5.74, 6) is -2.49. The molecule has 7 heteroatoms. The van der Waals surface area contributed by atoms with Crippen LogP contribution >= 0.6 is 27.5 Å². The molecule has 0 aliphatic carbocycles. The predicted octanol–water partition coefficient (Wildman–Crippen LogP) is 4.19. The van der Waals surface area contributed by atoms with E-state index < -0.39 is 17.7 Å². The minimum absolute atomic E-state index is 0.116. The van der Waals surface area contributed by atoms with E-state index in [1.807, 2.05) is 0 Å². The number of aromatic carboxylic acids is 1. The number of carbonyl (C=O) groups is 2. The van der Waals surface area contributed by atoms with Crippen LogP contribution in [0.5, 0.6) is 0 Å². The number of hydrogen-bond acceptors (Lipinski definition) is 2. The molecular formula is C14H8BrClFNO3. The summed E-state index contributed by atoms with van der Waals surface area (Å²) in [5, 5.41) is 11.8. The molecule has 0 aliphatic rings. The maximum atomic E-state index is 13.2. The molecule has 21 heavy (non-hydrogen) atoms. The molecule has 0 saturated carbocycles. The number of halogens is 3. The van der Waals surface area contributed by atoms with Crippen LogP contribution in [0.1, 0.15) is 20.7 Å². The average molecular weight is 373 g/mol. The Balaban J connectivity index is 2.35. The van der Waals surface area contributed by atoms with Crippen LogP contribution in [0.25, 0.3) is 0 Å². The van der Waals surface area contributed by atoms with E-state index in [-0.39, 0.29) is 16.8 Å². The van der Waals surface area contributed by atoms with Gasteiger partial charge in [0.05, 0.1) is 16.8 Å². The monoisotopic (exact) mass is 371 g/mol. The molecule has 0 unspecified atom stereocenters. The van der Waals surface area contributed by atoms with Crippen LogP contribution in [0.15, 0.2) is 40.9 Å². The number of carboxylic acid groups (broad SMARTS) is 1. The smallest absolute Gasteiger partial charge is 0.337 e. The van der Waals surface area contributed by atoms with Gasteiger partial charge < -0.3 is 10.4 Å². The van der Waals surface area contributed by atoms with Crippen LogP contribution in [0.3, 0.4) is 0 Å². The van der Waals surface area contributed by atoms with Crippen LogP contribution < -0.4 is 5.32 Å². The highest BCUT2D eigenvalue weighted by Gasteiger charge is 2.16. The summed E-state index contributed by atoms with van der Waals surface area (Å²) in [6, 6.07) is 7.57. The molecule has 0 aromatic heterocycles. The quantitative estimate of drug-likeness (QED) is 0.849. The number of rotatable bonds is 3. The zero-order valence-corrected chi connectivity index (χ0v) is 12.7. The van der Waals surface area contributed by atoms with Crippen LogP contribution in [0.4, 0.5) is 10.1 Å². The van der Waals surface area contributed by atoms with Gasteiger partial charge in [0.2, 0.25) is 0 Å². The van der Waals surface area contributed by atoms with Crippen molar-refractivity contribution in [1.29, 1.82) is 0 Å². The summed E-state index contributed by atoms with van der Waals surface area (Å²) in [4.78, 5) is 23.2. The summed E-state index contributed by atoms with van der Waals surface area (Å²) in [6.45, 7) is 0. The van der Waals surface area contributed by atoms with E-state index in [1.54, 1.807) is 0 Å². The normalized spacial score (nSPS) is 10.2. The van der Waals surface area contributed by atoms with Gasteiger partial charge in [-0.1, -0.05) is 11.6 Å². The Morgan fingerprint density at radius 3 is 2.43 bits per heavy atom. The lowest BCUT2D eigenvalue weighted by Gasteiger charge is -2.10. The van der Waals surface area contributed by atoms with Crippen molar-refractivity contribution in [2.45, 2.75) is 0 Å². The third-order valence-corrected chi connectivity index (χ3v) is 3.53. The minimum Gasteiger partial charge on any atom is -0.478 e. The van der Waals surface area contributed by atoms with E-state index in [0.29, 0.717) is 9.50 Å². The van der Waals surface area contributed by atoms with Gasteiger partial charge in [0, 0.05) is 9.50 Å². The molecule has 4 nitrogen and oxygen atoms in total. The molecule has 0 atom stereocenters. The van der Waals surface area contributed by atoms with Crippen molar-refractivity contribution >= 4 is 45.1 Å². The first-order valence-corrected chi connectivity index (χ1v) is 6.85. The van der Waals surface area contributed by atoms with Gasteiger partial charge in [0.15, 0.2) is 0 Å². The Morgan fingerprint density at radius 1 is 1.14 bits per heavy atom. The van der Waals surface area contributed by atoms with E-state index in [9.17, 15) is 14.0 Å². The number of nitrogens with one attached hydrogen (secondary N) is 1. The molecule has 0 heterocycles. The van der Waals surface area contributed by atoms with Gasteiger partial charge in [-0.2, -0.15) is 0 Å². The molecule has 0 radical (unpaired) electrons. The Kier molecular flexibility index (Phi) is 4.59. The first-order valence-electron chi connectivity index (χ1n) is 5.67. The Labute approximate surface area is 132 Å². The van der Waals surface area contributed by atoms with Gasteiger partial charge in [-0.25, -0.2) is 9.18 Å². The second kappa shape index (κ2) is 6.24. The molecule has 2 aromatic rings. The van der Waals surface area contributed by atoms with Crippen molar-refractivity contribution in [3.05, 3.63) is 62.8 Å². The molecule has 0 spiro atoms. The van der Waals surface area contributed by atoms with Crippen LogP contribution in [-0.4, -0.2) is 17.0 Å². The fourth-order valence-corrected chi connectivity index (χ4v) is 2.53. The number of hydrogen-bond donors (Lipinski definition) is 2. The zero-order chi connectivity index (χ0) is 15.6. The van der Waals surface area contributed by atoms with Gasteiger partial charge in [0.1, 0.15) is 5.82 Å². The van der Waals surface area contributed by atoms with Crippen LogP contribution in [0.2, 0.25) is 5.02 Å². The number of amides is 1. The Hall–Kier alpha value is -1.92. The summed E-state index contributed by atoms with van der Waals surface area (Å²) < 4.78 is 13.7. The second-order valence-electron chi connectivity index (χ2n) is 4.07. The summed E-state index contributed by atoms with van der Waals surface area (Å²) in [5.41, 5.74) is -0.0656. The highest BCUT2D eigenvalue weighted by Crippen LogP contribution is 2.24. The van der Waals surface area contributed by atoms with Crippen molar-refractivity contribution < 1.29 is 19.1 Å². The summed E-state index contributed by atoms with van der Waals surface area (Å²) in [6.07, 6.45) is 0. The highest BCUT2D eigenvalue weighted by molar-refractivity contribution is 9.10. The molecule has 2 rings (SSSR count). The molecule has 2 N–H and O–H groups in total. The molecule has 2 aromatic carbocycles. The van der Waals surface area contributed by atoms with Crippen molar-refractivity contribution in [3.63, 3.8) is 0 Å². The first kappa shape index (κ1) is 15.5. The van der Waals surface area contributed by atoms with Crippen molar-refractivity contribution in [2.75, 3.05) is 5.32 Å². The molecule has 0 aliphatic heterocycles. The molecular weight excluding hydrogens is 365 g/mol. The topological polar surface area (TPSA) is 66.4 Å². The minimum atomic E-state index is -1.26. The van der Waals surface area contributed by atoms with Gasteiger partial charge in [-0.05, 0) is 52.3 Å². The lowest BCUT2D eigenvalue weighted by molar-refractivity contribution is 0.0698. The van der Waals surface area contributed by atoms with Gasteiger partial charge in [-0.3, -0.25) is 4.79 Å². The molecule has 0 fully saturated rings. The van der Waals surface area contributed by atoms with Gasteiger partial charge in [0.25, 0.3) is 5.91 Å². The van der Waals surface area contributed by atoms with Crippen molar-refractivity contribution in [3.8, 4) is 0 Å². The number of carbonyl (C=O) groups excluding carboxylic acids is 1. The Bertz CT molecular complexity index is 736. The first-order chi connectivity index (χ1) is 9.88. The predicted molar refractivity (Wildman–Crippen MR) is 80.5 cm³/mol. The standard InChI is InChI=1S/C14H8BrClFNO3/c15-11-5-7(16)1-3-9(11)13(19)18-12-6-8(17)2-4-10(12)14(20)21/h1-6H,(H,18,19)(H,20,21). The highest BCUT2D eigenvalue weighted by atomic mass is 79.9. The van der Waals surface area contributed by atoms with E-state index in [2.05, 4.69) is 21.2 Å². The lowest BCUT2D eigenvalue weighted by atomic mass is 10.1. The number of anilines is 1. The third-order valence-electron chi connectivity index (χ3n) is 2.64. The van der Waals surface area contributed by atoms with E-state index >= 15 is 0 Å². The average Bonchev–Trinajstić information content (AvgIpc) is 2.37. The summed E-state index contributed by atoms with van der Waals surface area (Å²) >= 11 is 8.97.